The number of benzene rings is 1. The monoisotopic (exact) mass is 511 g/mol. The van der Waals surface area contributed by atoms with Crippen LogP contribution in [0.5, 0.6) is 18.0 Å². The molecule has 2 aliphatic heterocycles. The quantitative estimate of drug-likeness (QED) is 0.390. The molecule has 2 aliphatic rings. The Labute approximate surface area is 214 Å². The summed E-state index contributed by atoms with van der Waals surface area (Å²) in [7, 11) is 0. The highest BCUT2D eigenvalue weighted by Gasteiger charge is 2.37. The van der Waals surface area contributed by atoms with Crippen LogP contribution in [0.3, 0.4) is 0 Å². The third-order valence-corrected chi connectivity index (χ3v) is 5.59. The fourth-order valence-corrected chi connectivity index (χ4v) is 3.82. The molecule has 0 bridgehead atoms. The molecule has 1 aromatic carbocycles. The fourth-order valence-electron chi connectivity index (χ4n) is 3.82. The molecule has 2 fully saturated rings. The number of ether oxygens (including phenoxy) is 5. The van der Waals surface area contributed by atoms with Crippen LogP contribution in [0.4, 0.5) is 4.79 Å². The Morgan fingerprint density at radius 3 is 2.32 bits per heavy atom. The highest BCUT2D eigenvalue weighted by atomic mass is 16.6. The molecule has 2 unspecified atom stereocenters. The lowest BCUT2D eigenvalue weighted by Gasteiger charge is -2.34. The number of rotatable bonds is 12. The highest BCUT2D eigenvalue weighted by molar-refractivity contribution is 5.83. The van der Waals surface area contributed by atoms with E-state index in [2.05, 4.69) is 28.1 Å². The van der Waals surface area contributed by atoms with Crippen molar-refractivity contribution in [3.05, 3.63) is 61.2 Å². The van der Waals surface area contributed by atoms with Gasteiger partial charge in [0.2, 0.25) is 5.91 Å². The van der Waals surface area contributed by atoms with Gasteiger partial charge < -0.3 is 28.6 Å². The first-order valence-electron chi connectivity index (χ1n) is 11.8. The van der Waals surface area contributed by atoms with Crippen molar-refractivity contribution in [1.29, 1.82) is 0 Å². The third kappa shape index (κ3) is 6.94. The first-order valence-corrected chi connectivity index (χ1v) is 11.8. The van der Waals surface area contributed by atoms with Crippen LogP contribution in [0.1, 0.15) is 11.6 Å². The summed E-state index contributed by atoms with van der Waals surface area (Å²) in [5, 5.41) is 0. The van der Waals surface area contributed by atoms with Crippen molar-refractivity contribution >= 4 is 12.0 Å². The fraction of sp³-hybridized carbons (Fsp3) is 0.400. The van der Waals surface area contributed by atoms with E-state index < -0.39 is 12.2 Å². The first kappa shape index (κ1) is 25.9. The van der Waals surface area contributed by atoms with Crippen LogP contribution in [-0.4, -0.2) is 95.5 Å². The van der Waals surface area contributed by atoms with Gasteiger partial charge >= 0.3 is 24.1 Å². The molecule has 0 N–H and O–H groups in total. The molecule has 12 nitrogen and oxygen atoms in total. The van der Waals surface area contributed by atoms with E-state index in [9.17, 15) is 9.59 Å². The summed E-state index contributed by atoms with van der Waals surface area (Å²) in [5.41, 5.74) is 0.916. The van der Waals surface area contributed by atoms with Crippen LogP contribution < -0.4 is 14.2 Å². The number of carbonyl (C=O) groups is 2. The molecule has 0 saturated carbocycles. The maximum atomic E-state index is 13.1. The van der Waals surface area contributed by atoms with E-state index in [1.54, 1.807) is 17.1 Å². The van der Waals surface area contributed by atoms with E-state index in [0.29, 0.717) is 13.2 Å². The summed E-state index contributed by atoms with van der Waals surface area (Å²) in [6.07, 6.45) is 2.18. The summed E-state index contributed by atoms with van der Waals surface area (Å²) >= 11 is 0. The first-order chi connectivity index (χ1) is 18.1. The average Bonchev–Trinajstić information content (AvgIpc) is 3.29. The number of cyclic esters (lactones) is 1. The molecule has 0 aliphatic carbocycles. The molecule has 2 atom stereocenters. The Balaban J connectivity index is 1.34. The van der Waals surface area contributed by atoms with Crippen molar-refractivity contribution in [2.75, 3.05) is 52.7 Å². The van der Waals surface area contributed by atoms with Gasteiger partial charge in [-0.15, -0.1) is 15.0 Å². The Morgan fingerprint density at radius 2 is 1.68 bits per heavy atom. The van der Waals surface area contributed by atoms with Crippen LogP contribution in [0.2, 0.25) is 0 Å². The van der Waals surface area contributed by atoms with Gasteiger partial charge in [-0.2, -0.15) is 0 Å². The van der Waals surface area contributed by atoms with E-state index in [1.165, 1.54) is 4.90 Å². The molecular formula is C25H29N5O7. The topological polar surface area (TPSA) is 125 Å². The lowest BCUT2D eigenvalue weighted by molar-refractivity contribution is -0.140. The van der Waals surface area contributed by atoms with E-state index in [4.69, 9.17) is 23.7 Å². The second kappa shape index (κ2) is 12.7. The molecule has 196 valence electrons. The molecule has 12 heteroatoms. The molecule has 2 aromatic rings. The molecular weight excluding hydrogens is 482 g/mol. The Bertz CT molecular complexity index is 1070. The van der Waals surface area contributed by atoms with E-state index >= 15 is 0 Å². The van der Waals surface area contributed by atoms with Crippen molar-refractivity contribution in [3.8, 4) is 18.0 Å². The standard InChI is InChI=1S/C25H29N5O7/c1-3-11-34-22-26-23(35-12-4-2)28-24(27-22)36-16-19-14-29(10-13-33-19)21(31)15-30-20(17-37-25(30)32)18-8-6-5-7-9-18/h3-9,19-20H,1-2,10-17H2. The lowest BCUT2D eigenvalue weighted by Crippen LogP contribution is -2.50. The minimum atomic E-state index is -0.505. The van der Waals surface area contributed by atoms with Gasteiger partial charge in [0.15, 0.2) is 0 Å². The zero-order chi connectivity index (χ0) is 26.0. The molecule has 0 radical (unpaired) electrons. The Morgan fingerprint density at radius 1 is 1.03 bits per heavy atom. The zero-order valence-electron chi connectivity index (χ0n) is 20.4. The molecule has 3 heterocycles. The number of amides is 2. The summed E-state index contributed by atoms with van der Waals surface area (Å²) in [4.78, 5) is 40.8. The predicted molar refractivity (Wildman–Crippen MR) is 130 cm³/mol. The number of nitrogens with zero attached hydrogens (tertiary/aromatic N) is 5. The average molecular weight is 512 g/mol. The van der Waals surface area contributed by atoms with Gasteiger partial charge in [-0.05, 0) is 5.56 Å². The normalized spacial score (nSPS) is 19.2. The van der Waals surface area contributed by atoms with Crippen LogP contribution in [0.15, 0.2) is 55.6 Å². The number of hydrogen-bond acceptors (Lipinski definition) is 10. The summed E-state index contributed by atoms with van der Waals surface area (Å²) in [6, 6.07) is 9.23. The second-order valence-electron chi connectivity index (χ2n) is 8.16. The molecule has 1 aromatic heterocycles. The Hall–Kier alpha value is -4.19. The minimum absolute atomic E-state index is 0.00862. The van der Waals surface area contributed by atoms with Gasteiger partial charge in [-0.25, -0.2) is 4.79 Å². The minimum Gasteiger partial charge on any atom is -0.460 e. The van der Waals surface area contributed by atoms with Crippen molar-refractivity contribution in [1.82, 2.24) is 24.8 Å². The van der Waals surface area contributed by atoms with Crippen LogP contribution >= 0.6 is 0 Å². The number of morpholine rings is 1. The van der Waals surface area contributed by atoms with Gasteiger partial charge in [0, 0.05) is 6.54 Å². The van der Waals surface area contributed by atoms with Gasteiger partial charge in [0.25, 0.3) is 0 Å². The van der Waals surface area contributed by atoms with Gasteiger partial charge in [-0.3, -0.25) is 9.69 Å². The number of carbonyl (C=O) groups excluding carboxylic acids is 2. The third-order valence-electron chi connectivity index (χ3n) is 5.59. The van der Waals surface area contributed by atoms with Gasteiger partial charge in [0.05, 0.1) is 19.2 Å². The van der Waals surface area contributed by atoms with E-state index in [0.717, 1.165) is 5.56 Å². The number of aromatic nitrogens is 3. The van der Waals surface area contributed by atoms with E-state index in [-0.39, 0.29) is 69.5 Å². The summed E-state index contributed by atoms with van der Waals surface area (Å²) in [5.74, 6) is -0.200. The van der Waals surface area contributed by atoms with Crippen molar-refractivity contribution in [3.63, 3.8) is 0 Å². The molecule has 2 saturated heterocycles. The largest absolute Gasteiger partial charge is 0.460 e. The second-order valence-corrected chi connectivity index (χ2v) is 8.16. The molecule has 0 spiro atoms. The van der Waals surface area contributed by atoms with Crippen LogP contribution in [0.25, 0.3) is 0 Å². The highest BCUT2D eigenvalue weighted by Crippen LogP contribution is 2.27. The van der Waals surface area contributed by atoms with Gasteiger partial charge in [-0.1, -0.05) is 55.6 Å². The maximum Gasteiger partial charge on any atom is 0.410 e. The number of hydrogen-bond donors (Lipinski definition) is 0. The van der Waals surface area contributed by atoms with Crippen LogP contribution in [-0.2, 0) is 14.3 Å². The maximum absolute atomic E-state index is 13.1. The van der Waals surface area contributed by atoms with Crippen LogP contribution in [0, 0.1) is 0 Å². The predicted octanol–water partition coefficient (Wildman–Crippen LogP) is 1.80. The molecule has 2 amide bonds. The van der Waals surface area contributed by atoms with Crippen molar-refractivity contribution in [2.45, 2.75) is 12.1 Å². The van der Waals surface area contributed by atoms with Gasteiger partial charge in [0.1, 0.15) is 39.1 Å². The van der Waals surface area contributed by atoms with Crippen molar-refractivity contribution in [2.24, 2.45) is 0 Å². The van der Waals surface area contributed by atoms with E-state index in [1.807, 2.05) is 30.3 Å². The Kier molecular flexibility index (Phi) is 8.87. The van der Waals surface area contributed by atoms with Crippen molar-refractivity contribution < 1.29 is 33.3 Å². The SMILES string of the molecule is C=CCOc1nc(OCC=C)nc(OCC2CN(C(=O)CN3C(=O)OCC3c3ccccc3)CCO2)n1. The zero-order valence-corrected chi connectivity index (χ0v) is 20.4. The smallest absolute Gasteiger partial charge is 0.410 e. The molecule has 4 rings (SSSR count). The summed E-state index contributed by atoms with van der Waals surface area (Å²) < 4.78 is 27.5. The lowest BCUT2D eigenvalue weighted by atomic mass is 10.1. The summed E-state index contributed by atoms with van der Waals surface area (Å²) in [6.45, 7) is 8.79. The molecule has 37 heavy (non-hydrogen) atoms.